The highest BCUT2D eigenvalue weighted by Gasteiger charge is 2.51. The summed E-state index contributed by atoms with van der Waals surface area (Å²) < 4.78 is 12.2. The minimum absolute atomic E-state index is 0.278. The van der Waals surface area contributed by atoms with Gasteiger partial charge < -0.3 is 19.5 Å². The quantitative estimate of drug-likeness (QED) is 0.845. The van der Waals surface area contributed by atoms with Gasteiger partial charge in [-0.2, -0.15) is 0 Å². The third kappa shape index (κ3) is 2.77. The van der Waals surface area contributed by atoms with Gasteiger partial charge in [0.05, 0.1) is 11.2 Å². The summed E-state index contributed by atoms with van der Waals surface area (Å²) in [4.78, 5) is 2.45. The fraction of sp³-hybridized carbons (Fsp3) is 0.647. The van der Waals surface area contributed by atoms with Crippen molar-refractivity contribution in [2.24, 2.45) is 0 Å². The monoisotopic (exact) mass is 302 g/mol. The number of piperazine rings is 1. The van der Waals surface area contributed by atoms with Gasteiger partial charge in [0.15, 0.2) is 0 Å². The third-order valence-corrected chi connectivity index (χ3v) is 5.25. The molecular weight excluding hydrogens is 275 g/mol. The maximum absolute atomic E-state index is 6.11. The lowest BCUT2D eigenvalue weighted by molar-refractivity contribution is 0.00578. The van der Waals surface area contributed by atoms with Crippen molar-refractivity contribution >= 4 is 18.3 Å². The van der Waals surface area contributed by atoms with Crippen LogP contribution in [0.25, 0.3) is 0 Å². The van der Waals surface area contributed by atoms with Crippen LogP contribution in [-0.4, -0.2) is 44.0 Å². The molecule has 2 saturated heterocycles. The van der Waals surface area contributed by atoms with E-state index >= 15 is 0 Å². The summed E-state index contributed by atoms with van der Waals surface area (Å²) in [6.07, 6.45) is 0. The van der Waals surface area contributed by atoms with Crippen molar-refractivity contribution in [2.75, 3.05) is 24.5 Å². The number of benzene rings is 1. The van der Waals surface area contributed by atoms with Crippen molar-refractivity contribution in [3.8, 4) is 0 Å². The van der Waals surface area contributed by atoms with E-state index in [2.05, 4.69) is 69.1 Å². The van der Waals surface area contributed by atoms with Crippen LogP contribution in [-0.2, 0) is 9.31 Å². The van der Waals surface area contributed by atoms with Gasteiger partial charge in [0.1, 0.15) is 0 Å². The normalized spacial score (nSPS) is 27.2. The zero-order valence-corrected chi connectivity index (χ0v) is 14.3. The molecule has 0 bridgehead atoms. The Morgan fingerprint density at radius 3 is 2.23 bits per heavy atom. The van der Waals surface area contributed by atoms with Crippen LogP contribution in [0.1, 0.15) is 34.6 Å². The van der Waals surface area contributed by atoms with E-state index in [0.717, 1.165) is 25.1 Å². The molecule has 2 aliphatic heterocycles. The summed E-state index contributed by atoms with van der Waals surface area (Å²) in [7, 11) is -0.278. The van der Waals surface area contributed by atoms with E-state index < -0.39 is 0 Å². The molecule has 0 aromatic heterocycles. The van der Waals surface area contributed by atoms with Crippen LogP contribution in [0.4, 0.5) is 5.69 Å². The molecule has 3 rings (SSSR count). The molecule has 0 amide bonds. The molecule has 2 aliphatic rings. The average molecular weight is 302 g/mol. The Morgan fingerprint density at radius 1 is 1.09 bits per heavy atom. The van der Waals surface area contributed by atoms with Crippen LogP contribution in [0.5, 0.6) is 0 Å². The van der Waals surface area contributed by atoms with Gasteiger partial charge in [-0.1, -0.05) is 12.1 Å². The maximum Gasteiger partial charge on any atom is 0.494 e. The first kappa shape index (κ1) is 15.8. The highest BCUT2D eigenvalue weighted by Crippen LogP contribution is 2.36. The number of nitrogens with zero attached hydrogens (tertiary/aromatic N) is 1. The lowest BCUT2D eigenvalue weighted by Gasteiger charge is -2.36. The van der Waals surface area contributed by atoms with Gasteiger partial charge in [-0.15, -0.1) is 0 Å². The fourth-order valence-corrected chi connectivity index (χ4v) is 3.03. The molecule has 5 heteroatoms. The minimum Gasteiger partial charge on any atom is -0.399 e. The molecule has 1 aromatic rings. The number of anilines is 1. The van der Waals surface area contributed by atoms with Crippen molar-refractivity contribution < 1.29 is 9.31 Å². The van der Waals surface area contributed by atoms with Crippen LogP contribution >= 0.6 is 0 Å². The molecule has 0 unspecified atom stereocenters. The lowest BCUT2D eigenvalue weighted by atomic mass is 9.79. The van der Waals surface area contributed by atoms with E-state index in [4.69, 9.17) is 9.31 Å². The molecule has 0 spiro atoms. The molecule has 0 radical (unpaired) electrons. The van der Waals surface area contributed by atoms with E-state index in [9.17, 15) is 0 Å². The van der Waals surface area contributed by atoms with Crippen LogP contribution < -0.4 is 15.7 Å². The van der Waals surface area contributed by atoms with Gasteiger partial charge in [-0.05, 0) is 52.2 Å². The SMILES string of the molecule is C[C@@H]1CNCCN1c1ccc(B2OC(C)(C)C(C)(C)O2)cc1. The number of nitrogens with one attached hydrogen (secondary N) is 1. The van der Waals surface area contributed by atoms with E-state index in [-0.39, 0.29) is 18.3 Å². The molecule has 0 aliphatic carbocycles. The molecule has 0 saturated carbocycles. The standard InChI is InChI=1S/C17H27BN2O2/c1-13-12-19-10-11-20(13)15-8-6-14(7-9-15)18-21-16(2,3)17(4,5)22-18/h6-9,13,19H,10-12H2,1-5H3/t13-/m1/s1. The molecule has 22 heavy (non-hydrogen) atoms. The van der Waals surface area contributed by atoms with E-state index in [1.807, 2.05) is 0 Å². The maximum atomic E-state index is 6.11. The van der Waals surface area contributed by atoms with Gasteiger partial charge >= 0.3 is 7.12 Å². The van der Waals surface area contributed by atoms with Gasteiger partial charge in [0, 0.05) is 31.4 Å². The predicted octanol–water partition coefficient (Wildman–Crippen LogP) is 1.78. The van der Waals surface area contributed by atoms with Gasteiger partial charge in [-0.3, -0.25) is 0 Å². The Labute approximate surface area is 134 Å². The second-order valence-corrected chi connectivity index (χ2v) is 7.43. The van der Waals surface area contributed by atoms with Crippen molar-refractivity contribution in [3.05, 3.63) is 24.3 Å². The molecule has 1 atom stereocenters. The van der Waals surface area contributed by atoms with Gasteiger partial charge in [0.25, 0.3) is 0 Å². The molecule has 1 aromatic carbocycles. The minimum atomic E-state index is -0.288. The summed E-state index contributed by atoms with van der Waals surface area (Å²) in [5.74, 6) is 0. The van der Waals surface area contributed by atoms with E-state index in [1.165, 1.54) is 5.69 Å². The zero-order chi connectivity index (χ0) is 16.0. The average Bonchev–Trinajstić information content (AvgIpc) is 2.68. The first-order chi connectivity index (χ1) is 10.3. The highest BCUT2D eigenvalue weighted by atomic mass is 16.7. The Bertz CT molecular complexity index is 514. The molecule has 2 fully saturated rings. The van der Waals surface area contributed by atoms with Crippen LogP contribution in [0.2, 0.25) is 0 Å². The Hall–Kier alpha value is -1.04. The Kier molecular flexibility index (Phi) is 4.00. The second kappa shape index (κ2) is 5.55. The first-order valence-corrected chi connectivity index (χ1v) is 8.23. The number of hydrogen-bond donors (Lipinski definition) is 1. The molecule has 120 valence electrons. The third-order valence-electron chi connectivity index (χ3n) is 5.25. The van der Waals surface area contributed by atoms with Crippen LogP contribution in [0.3, 0.4) is 0 Å². The van der Waals surface area contributed by atoms with Crippen molar-refractivity contribution in [1.29, 1.82) is 0 Å². The highest BCUT2D eigenvalue weighted by molar-refractivity contribution is 6.62. The molecule has 2 heterocycles. The van der Waals surface area contributed by atoms with Crippen molar-refractivity contribution in [2.45, 2.75) is 51.9 Å². The topological polar surface area (TPSA) is 33.7 Å². The summed E-state index contributed by atoms with van der Waals surface area (Å²) in [5.41, 5.74) is 1.78. The van der Waals surface area contributed by atoms with E-state index in [0.29, 0.717) is 6.04 Å². The predicted molar refractivity (Wildman–Crippen MR) is 91.8 cm³/mol. The van der Waals surface area contributed by atoms with Crippen LogP contribution in [0, 0.1) is 0 Å². The van der Waals surface area contributed by atoms with Crippen LogP contribution in [0.15, 0.2) is 24.3 Å². The van der Waals surface area contributed by atoms with E-state index in [1.54, 1.807) is 0 Å². The molecule has 1 N–H and O–H groups in total. The summed E-state index contributed by atoms with van der Waals surface area (Å²) in [5, 5.41) is 3.43. The Morgan fingerprint density at radius 2 is 1.68 bits per heavy atom. The van der Waals surface area contributed by atoms with Crippen molar-refractivity contribution in [3.63, 3.8) is 0 Å². The first-order valence-electron chi connectivity index (χ1n) is 8.23. The number of rotatable bonds is 2. The molecular formula is C17H27BN2O2. The number of hydrogen-bond acceptors (Lipinski definition) is 4. The smallest absolute Gasteiger partial charge is 0.399 e. The zero-order valence-electron chi connectivity index (χ0n) is 14.3. The molecule has 4 nitrogen and oxygen atoms in total. The largest absolute Gasteiger partial charge is 0.494 e. The summed E-state index contributed by atoms with van der Waals surface area (Å²) in [6, 6.07) is 9.15. The van der Waals surface area contributed by atoms with Crippen molar-refractivity contribution in [1.82, 2.24) is 5.32 Å². The van der Waals surface area contributed by atoms with Gasteiger partial charge in [-0.25, -0.2) is 0 Å². The second-order valence-electron chi connectivity index (χ2n) is 7.43. The fourth-order valence-electron chi connectivity index (χ4n) is 3.03. The Balaban J connectivity index is 1.75. The summed E-state index contributed by atoms with van der Waals surface area (Å²) >= 11 is 0. The van der Waals surface area contributed by atoms with Gasteiger partial charge in [0.2, 0.25) is 0 Å². The summed E-state index contributed by atoms with van der Waals surface area (Å²) in [6.45, 7) is 13.7. The lowest BCUT2D eigenvalue weighted by Crippen LogP contribution is -2.50.